The van der Waals surface area contributed by atoms with E-state index in [2.05, 4.69) is 20.5 Å². The summed E-state index contributed by atoms with van der Waals surface area (Å²) in [4.78, 5) is 28.7. The molecule has 1 aliphatic rings. The average Bonchev–Trinajstić information content (AvgIpc) is 3.08. The molecule has 1 aliphatic heterocycles. The van der Waals surface area contributed by atoms with Gasteiger partial charge >= 0.3 is 0 Å². The number of piperazine rings is 1. The molecule has 2 amide bonds. The molecule has 9 heteroatoms. The first-order valence-electron chi connectivity index (χ1n) is 9.76. The molecule has 3 rings (SSSR count). The predicted octanol–water partition coefficient (Wildman–Crippen LogP) is 0.867. The Morgan fingerprint density at radius 1 is 1.21 bits per heavy atom. The lowest BCUT2D eigenvalue weighted by Crippen LogP contribution is -2.51. The Hall–Kier alpha value is -2.94. The molecule has 2 heterocycles. The third kappa shape index (κ3) is 4.92. The van der Waals surface area contributed by atoms with Gasteiger partial charge in [0.2, 0.25) is 5.91 Å². The number of rotatable bonds is 6. The van der Waals surface area contributed by atoms with E-state index < -0.39 is 0 Å². The van der Waals surface area contributed by atoms with Crippen molar-refractivity contribution in [3.8, 4) is 11.4 Å². The number of methoxy groups -OCH3 is 1. The highest BCUT2D eigenvalue weighted by Crippen LogP contribution is 2.19. The van der Waals surface area contributed by atoms with Crippen LogP contribution in [0.2, 0.25) is 0 Å². The van der Waals surface area contributed by atoms with Gasteiger partial charge in [0, 0.05) is 38.3 Å². The zero-order chi connectivity index (χ0) is 21.0. The topological polar surface area (TPSA) is 92.6 Å². The van der Waals surface area contributed by atoms with Gasteiger partial charge in [-0.3, -0.25) is 14.5 Å². The summed E-state index contributed by atoms with van der Waals surface area (Å²) >= 11 is 0. The van der Waals surface area contributed by atoms with Crippen LogP contribution in [0.3, 0.4) is 0 Å². The number of ether oxygens (including phenoxy) is 1. The van der Waals surface area contributed by atoms with Gasteiger partial charge in [0.05, 0.1) is 25.0 Å². The molecule has 1 fully saturated rings. The minimum atomic E-state index is -0.136. The van der Waals surface area contributed by atoms with Gasteiger partial charge in [-0.15, -0.1) is 5.10 Å². The van der Waals surface area contributed by atoms with Crippen molar-refractivity contribution in [1.82, 2.24) is 30.1 Å². The number of benzene rings is 1. The minimum absolute atomic E-state index is 0.0110. The Labute approximate surface area is 170 Å². The van der Waals surface area contributed by atoms with E-state index in [0.717, 1.165) is 5.69 Å². The highest BCUT2D eigenvalue weighted by Gasteiger charge is 2.27. The highest BCUT2D eigenvalue weighted by atomic mass is 16.5. The van der Waals surface area contributed by atoms with E-state index in [-0.39, 0.29) is 17.9 Å². The van der Waals surface area contributed by atoms with Crippen LogP contribution in [0.15, 0.2) is 24.3 Å². The van der Waals surface area contributed by atoms with Crippen LogP contribution in [0.1, 0.15) is 30.0 Å². The standard InChI is InChI=1S/C20H28N6O3/c1-14(2)21-18(27)13-24-8-10-25(11-9-24)20(28)19-15(3)26(23-22-19)16-6-5-7-17(12-16)29-4/h5-7,12,14H,8-11,13H2,1-4H3,(H,21,27). The maximum atomic E-state index is 13.0. The molecule has 1 aromatic heterocycles. The molecular weight excluding hydrogens is 372 g/mol. The van der Waals surface area contributed by atoms with Crippen molar-refractivity contribution >= 4 is 11.8 Å². The third-order valence-corrected chi connectivity index (χ3v) is 4.87. The molecule has 0 aliphatic carbocycles. The first-order chi connectivity index (χ1) is 13.9. The van der Waals surface area contributed by atoms with E-state index in [1.54, 1.807) is 16.7 Å². The summed E-state index contributed by atoms with van der Waals surface area (Å²) in [6.45, 7) is 8.48. The Bertz CT molecular complexity index is 871. The van der Waals surface area contributed by atoms with Gasteiger partial charge in [0.25, 0.3) is 5.91 Å². The monoisotopic (exact) mass is 400 g/mol. The minimum Gasteiger partial charge on any atom is -0.497 e. The summed E-state index contributed by atoms with van der Waals surface area (Å²) in [7, 11) is 1.61. The van der Waals surface area contributed by atoms with E-state index in [9.17, 15) is 9.59 Å². The van der Waals surface area contributed by atoms with Crippen LogP contribution < -0.4 is 10.1 Å². The summed E-state index contributed by atoms with van der Waals surface area (Å²) in [6, 6.07) is 7.57. The van der Waals surface area contributed by atoms with Gasteiger partial charge in [-0.25, -0.2) is 4.68 Å². The number of nitrogens with zero attached hydrogens (tertiary/aromatic N) is 5. The van der Waals surface area contributed by atoms with Gasteiger partial charge in [-0.2, -0.15) is 0 Å². The third-order valence-electron chi connectivity index (χ3n) is 4.87. The Kier molecular flexibility index (Phi) is 6.48. The van der Waals surface area contributed by atoms with Crippen LogP contribution >= 0.6 is 0 Å². The van der Waals surface area contributed by atoms with E-state index in [1.165, 1.54) is 0 Å². The Balaban J connectivity index is 1.63. The fraction of sp³-hybridized carbons (Fsp3) is 0.500. The lowest BCUT2D eigenvalue weighted by Gasteiger charge is -2.34. The summed E-state index contributed by atoms with van der Waals surface area (Å²) in [5, 5.41) is 11.2. The van der Waals surface area contributed by atoms with Crippen molar-refractivity contribution in [3.63, 3.8) is 0 Å². The van der Waals surface area contributed by atoms with Crippen molar-refractivity contribution in [3.05, 3.63) is 35.7 Å². The molecule has 29 heavy (non-hydrogen) atoms. The molecule has 0 atom stereocenters. The molecule has 1 saturated heterocycles. The van der Waals surface area contributed by atoms with Gasteiger partial charge < -0.3 is 15.0 Å². The quantitative estimate of drug-likeness (QED) is 0.773. The van der Waals surface area contributed by atoms with Crippen LogP contribution in [0, 0.1) is 6.92 Å². The Morgan fingerprint density at radius 2 is 1.93 bits per heavy atom. The second kappa shape index (κ2) is 9.04. The van der Waals surface area contributed by atoms with Crippen molar-refractivity contribution in [2.75, 3.05) is 39.8 Å². The second-order valence-corrected chi connectivity index (χ2v) is 7.43. The average molecular weight is 400 g/mol. The molecule has 0 saturated carbocycles. The lowest BCUT2D eigenvalue weighted by molar-refractivity contribution is -0.123. The van der Waals surface area contributed by atoms with Crippen LogP contribution in [-0.2, 0) is 4.79 Å². The number of amides is 2. The zero-order valence-corrected chi connectivity index (χ0v) is 17.4. The summed E-state index contributed by atoms with van der Waals surface area (Å²) in [6.07, 6.45) is 0. The van der Waals surface area contributed by atoms with E-state index in [4.69, 9.17) is 4.74 Å². The first-order valence-corrected chi connectivity index (χ1v) is 9.76. The number of hydrogen-bond donors (Lipinski definition) is 1. The molecule has 1 aromatic carbocycles. The van der Waals surface area contributed by atoms with Crippen LogP contribution in [-0.4, -0.2) is 82.5 Å². The van der Waals surface area contributed by atoms with Gasteiger partial charge in [-0.05, 0) is 32.9 Å². The predicted molar refractivity (Wildman–Crippen MR) is 108 cm³/mol. The molecule has 156 valence electrons. The fourth-order valence-electron chi connectivity index (χ4n) is 3.34. The van der Waals surface area contributed by atoms with Crippen molar-refractivity contribution in [2.45, 2.75) is 26.8 Å². The summed E-state index contributed by atoms with van der Waals surface area (Å²) < 4.78 is 6.90. The van der Waals surface area contributed by atoms with Gasteiger partial charge in [-0.1, -0.05) is 11.3 Å². The zero-order valence-electron chi connectivity index (χ0n) is 17.4. The van der Waals surface area contributed by atoms with Crippen molar-refractivity contribution in [2.24, 2.45) is 0 Å². The van der Waals surface area contributed by atoms with Crippen molar-refractivity contribution in [1.29, 1.82) is 0 Å². The molecule has 0 spiro atoms. The Morgan fingerprint density at radius 3 is 2.59 bits per heavy atom. The number of aromatic nitrogens is 3. The smallest absolute Gasteiger partial charge is 0.276 e. The van der Waals surface area contributed by atoms with Gasteiger partial charge in [0.1, 0.15) is 5.75 Å². The summed E-state index contributed by atoms with van der Waals surface area (Å²) in [5.74, 6) is 0.586. The molecule has 0 radical (unpaired) electrons. The molecule has 2 aromatic rings. The molecule has 0 bridgehead atoms. The second-order valence-electron chi connectivity index (χ2n) is 7.43. The maximum Gasteiger partial charge on any atom is 0.276 e. The largest absolute Gasteiger partial charge is 0.497 e. The molecule has 9 nitrogen and oxygen atoms in total. The van der Waals surface area contributed by atoms with Gasteiger partial charge in [0.15, 0.2) is 5.69 Å². The molecular formula is C20H28N6O3. The fourth-order valence-corrected chi connectivity index (χ4v) is 3.34. The SMILES string of the molecule is COc1cccc(-n2nnc(C(=O)N3CCN(CC(=O)NC(C)C)CC3)c2C)c1. The van der Waals surface area contributed by atoms with E-state index in [1.807, 2.05) is 45.0 Å². The van der Waals surface area contributed by atoms with Crippen LogP contribution in [0.4, 0.5) is 0 Å². The molecule has 0 unspecified atom stereocenters. The van der Waals surface area contributed by atoms with Crippen molar-refractivity contribution < 1.29 is 14.3 Å². The normalized spacial score (nSPS) is 14.9. The number of hydrogen-bond acceptors (Lipinski definition) is 6. The number of nitrogens with one attached hydrogen (secondary N) is 1. The number of carbonyl (C=O) groups is 2. The highest BCUT2D eigenvalue weighted by molar-refractivity contribution is 5.93. The van der Waals surface area contributed by atoms with Crippen LogP contribution in [0.25, 0.3) is 5.69 Å². The van der Waals surface area contributed by atoms with E-state index >= 15 is 0 Å². The number of carbonyl (C=O) groups excluding carboxylic acids is 2. The van der Waals surface area contributed by atoms with Crippen LogP contribution in [0.5, 0.6) is 5.75 Å². The van der Waals surface area contributed by atoms with E-state index in [0.29, 0.717) is 49.9 Å². The maximum absolute atomic E-state index is 13.0. The molecule has 1 N–H and O–H groups in total. The lowest BCUT2D eigenvalue weighted by atomic mass is 10.2. The first kappa shape index (κ1) is 20.8. The summed E-state index contributed by atoms with van der Waals surface area (Å²) in [5.41, 5.74) is 1.81.